The van der Waals surface area contributed by atoms with E-state index >= 15 is 0 Å². The monoisotopic (exact) mass is 347 g/mol. The molecule has 0 amide bonds. The summed E-state index contributed by atoms with van der Waals surface area (Å²) in [5.74, 6) is 0.816. The van der Waals surface area contributed by atoms with Crippen LogP contribution in [-0.4, -0.2) is 28.8 Å². The summed E-state index contributed by atoms with van der Waals surface area (Å²) in [5.41, 5.74) is 4.71. The first-order valence-electron chi connectivity index (χ1n) is 8.27. The molecule has 0 saturated carbocycles. The molecule has 0 spiro atoms. The quantitative estimate of drug-likeness (QED) is 0.624. The SMILES string of the molecule is CCNC(=NCc1cccc(Cl)c1)NCCc1c(C)nn(C)c1C. The van der Waals surface area contributed by atoms with Crippen LogP contribution in [0.5, 0.6) is 0 Å². The highest BCUT2D eigenvalue weighted by Crippen LogP contribution is 2.12. The highest BCUT2D eigenvalue weighted by atomic mass is 35.5. The van der Waals surface area contributed by atoms with Crippen LogP contribution in [0.25, 0.3) is 0 Å². The number of nitrogens with zero attached hydrogens (tertiary/aromatic N) is 3. The molecule has 2 N–H and O–H groups in total. The molecular weight excluding hydrogens is 322 g/mol. The van der Waals surface area contributed by atoms with Crippen molar-refractivity contribution in [2.75, 3.05) is 13.1 Å². The lowest BCUT2D eigenvalue weighted by Crippen LogP contribution is -2.38. The van der Waals surface area contributed by atoms with Crippen molar-refractivity contribution in [2.45, 2.75) is 33.7 Å². The summed E-state index contributed by atoms with van der Waals surface area (Å²) in [6, 6.07) is 7.79. The van der Waals surface area contributed by atoms with Crippen molar-refractivity contribution in [3.8, 4) is 0 Å². The average Bonchev–Trinajstić information content (AvgIpc) is 2.78. The normalized spacial score (nSPS) is 11.6. The number of hydrogen-bond acceptors (Lipinski definition) is 2. The molecule has 2 aromatic rings. The zero-order chi connectivity index (χ0) is 17.5. The second-order valence-electron chi connectivity index (χ2n) is 5.77. The van der Waals surface area contributed by atoms with Crippen LogP contribution in [-0.2, 0) is 20.0 Å². The standard InChI is InChI=1S/C18H26ClN5/c1-5-20-18(22-12-15-7-6-8-16(19)11-15)21-10-9-17-13(2)23-24(4)14(17)3/h6-8,11H,5,9-10,12H2,1-4H3,(H2,20,21,22). The van der Waals surface area contributed by atoms with Crippen LogP contribution >= 0.6 is 11.6 Å². The largest absolute Gasteiger partial charge is 0.357 e. The van der Waals surface area contributed by atoms with Crippen molar-refractivity contribution in [1.29, 1.82) is 0 Å². The van der Waals surface area contributed by atoms with E-state index in [1.54, 1.807) is 0 Å². The zero-order valence-corrected chi connectivity index (χ0v) is 15.6. The van der Waals surface area contributed by atoms with Gasteiger partial charge in [0.15, 0.2) is 5.96 Å². The zero-order valence-electron chi connectivity index (χ0n) is 14.9. The molecule has 0 aliphatic carbocycles. The van der Waals surface area contributed by atoms with E-state index < -0.39 is 0 Å². The van der Waals surface area contributed by atoms with Crippen LogP contribution in [0.3, 0.4) is 0 Å². The van der Waals surface area contributed by atoms with E-state index in [9.17, 15) is 0 Å². The minimum atomic E-state index is 0.598. The molecule has 1 aromatic heterocycles. The van der Waals surface area contributed by atoms with Crippen LogP contribution in [0.15, 0.2) is 29.3 Å². The number of aliphatic imine (C=N–C) groups is 1. The van der Waals surface area contributed by atoms with Crippen molar-refractivity contribution in [2.24, 2.45) is 12.0 Å². The first kappa shape index (κ1) is 18.3. The fourth-order valence-corrected chi connectivity index (χ4v) is 2.85. The van der Waals surface area contributed by atoms with Gasteiger partial charge >= 0.3 is 0 Å². The highest BCUT2D eigenvalue weighted by molar-refractivity contribution is 6.30. The van der Waals surface area contributed by atoms with E-state index in [0.29, 0.717) is 6.54 Å². The number of benzene rings is 1. The van der Waals surface area contributed by atoms with Crippen LogP contribution in [0.1, 0.15) is 29.4 Å². The molecule has 0 bridgehead atoms. The Morgan fingerprint density at radius 3 is 2.71 bits per heavy atom. The Balaban J connectivity index is 1.94. The van der Waals surface area contributed by atoms with Gasteiger partial charge in [0, 0.05) is 30.9 Å². The van der Waals surface area contributed by atoms with Gasteiger partial charge in [0.1, 0.15) is 0 Å². The number of guanidine groups is 1. The van der Waals surface area contributed by atoms with Crippen LogP contribution in [0.2, 0.25) is 5.02 Å². The summed E-state index contributed by atoms with van der Waals surface area (Å²) in [7, 11) is 1.98. The van der Waals surface area contributed by atoms with E-state index in [1.165, 1.54) is 11.3 Å². The lowest BCUT2D eigenvalue weighted by molar-refractivity contribution is 0.729. The van der Waals surface area contributed by atoms with Gasteiger partial charge in [0.05, 0.1) is 12.2 Å². The lowest BCUT2D eigenvalue weighted by atomic mass is 10.1. The Kier molecular flexibility index (Phi) is 6.67. The number of aromatic nitrogens is 2. The van der Waals surface area contributed by atoms with E-state index in [0.717, 1.165) is 41.7 Å². The molecule has 0 radical (unpaired) electrons. The Hall–Kier alpha value is -2.01. The van der Waals surface area contributed by atoms with Crippen LogP contribution in [0.4, 0.5) is 0 Å². The van der Waals surface area contributed by atoms with Gasteiger partial charge in [0.25, 0.3) is 0 Å². The lowest BCUT2D eigenvalue weighted by Gasteiger charge is -2.11. The molecule has 0 aliphatic heterocycles. The fourth-order valence-electron chi connectivity index (χ4n) is 2.63. The number of rotatable bonds is 6. The number of aryl methyl sites for hydroxylation is 2. The van der Waals surface area contributed by atoms with Crippen LogP contribution < -0.4 is 10.6 Å². The Bertz CT molecular complexity index is 705. The third-order valence-corrected chi connectivity index (χ3v) is 4.21. The van der Waals surface area contributed by atoms with Gasteiger partial charge in [-0.1, -0.05) is 23.7 Å². The molecule has 0 fully saturated rings. The summed E-state index contributed by atoms with van der Waals surface area (Å²) in [5, 5.41) is 11.9. The molecule has 130 valence electrons. The predicted molar refractivity (Wildman–Crippen MR) is 101 cm³/mol. The molecule has 0 aliphatic rings. The van der Waals surface area contributed by atoms with Crippen molar-refractivity contribution in [3.05, 3.63) is 51.8 Å². The molecule has 0 unspecified atom stereocenters. The minimum Gasteiger partial charge on any atom is -0.357 e. The smallest absolute Gasteiger partial charge is 0.191 e. The first-order chi connectivity index (χ1) is 11.5. The van der Waals surface area contributed by atoms with Crippen molar-refractivity contribution < 1.29 is 0 Å². The molecule has 5 nitrogen and oxygen atoms in total. The third-order valence-electron chi connectivity index (χ3n) is 3.98. The average molecular weight is 348 g/mol. The maximum Gasteiger partial charge on any atom is 0.191 e. The van der Waals surface area contributed by atoms with Gasteiger partial charge in [-0.2, -0.15) is 5.10 Å². The van der Waals surface area contributed by atoms with Gasteiger partial charge in [-0.05, 0) is 50.5 Å². The molecule has 1 aromatic carbocycles. The Labute approximate surface area is 149 Å². The van der Waals surface area contributed by atoms with Crippen molar-refractivity contribution in [3.63, 3.8) is 0 Å². The summed E-state index contributed by atoms with van der Waals surface area (Å²) in [4.78, 5) is 4.62. The summed E-state index contributed by atoms with van der Waals surface area (Å²) in [6.07, 6.45) is 0.924. The van der Waals surface area contributed by atoms with Crippen LogP contribution in [0, 0.1) is 13.8 Å². The maximum absolute atomic E-state index is 6.02. The Morgan fingerprint density at radius 1 is 1.29 bits per heavy atom. The fraction of sp³-hybridized carbons (Fsp3) is 0.444. The molecule has 2 rings (SSSR count). The number of halogens is 1. The number of hydrogen-bond donors (Lipinski definition) is 2. The summed E-state index contributed by atoms with van der Waals surface area (Å²) < 4.78 is 1.93. The van der Waals surface area contributed by atoms with Gasteiger partial charge in [-0.25, -0.2) is 4.99 Å². The number of nitrogens with one attached hydrogen (secondary N) is 2. The van der Waals surface area contributed by atoms with Gasteiger partial charge in [-0.15, -0.1) is 0 Å². The highest BCUT2D eigenvalue weighted by Gasteiger charge is 2.09. The molecule has 24 heavy (non-hydrogen) atoms. The van der Waals surface area contributed by atoms with E-state index in [4.69, 9.17) is 11.6 Å². The van der Waals surface area contributed by atoms with E-state index in [-0.39, 0.29) is 0 Å². The topological polar surface area (TPSA) is 54.2 Å². The first-order valence-corrected chi connectivity index (χ1v) is 8.64. The predicted octanol–water partition coefficient (Wildman–Crippen LogP) is 2.99. The van der Waals surface area contributed by atoms with E-state index in [2.05, 4.69) is 41.5 Å². The van der Waals surface area contributed by atoms with Gasteiger partial charge < -0.3 is 10.6 Å². The van der Waals surface area contributed by atoms with Crippen molar-refractivity contribution in [1.82, 2.24) is 20.4 Å². The van der Waals surface area contributed by atoms with Gasteiger partial charge in [-0.3, -0.25) is 4.68 Å². The molecule has 1 heterocycles. The van der Waals surface area contributed by atoms with Gasteiger partial charge in [0.2, 0.25) is 0 Å². The second kappa shape index (κ2) is 8.73. The summed E-state index contributed by atoms with van der Waals surface area (Å²) in [6.45, 7) is 8.46. The minimum absolute atomic E-state index is 0.598. The molecule has 0 saturated heterocycles. The molecule has 6 heteroatoms. The van der Waals surface area contributed by atoms with Crippen molar-refractivity contribution >= 4 is 17.6 Å². The summed E-state index contributed by atoms with van der Waals surface area (Å²) >= 11 is 6.02. The molecular formula is C18H26ClN5. The maximum atomic E-state index is 6.02. The Morgan fingerprint density at radius 2 is 2.08 bits per heavy atom. The molecule has 0 atom stereocenters. The second-order valence-corrected chi connectivity index (χ2v) is 6.21. The third kappa shape index (κ3) is 4.99. The van der Waals surface area contributed by atoms with E-state index in [1.807, 2.05) is 36.0 Å².